The first-order valence-corrected chi connectivity index (χ1v) is 10.9. The van der Waals surface area contributed by atoms with E-state index in [2.05, 4.69) is 36.4 Å². The number of carbonyl (C=O) groups is 1. The van der Waals surface area contributed by atoms with Crippen LogP contribution in [-0.2, 0) is 24.0 Å². The van der Waals surface area contributed by atoms with Gasteiger partial charge in [0.15, 0.2) is 0 Å². The molecule has 1 N–H and O–H groups in total. The number of fused-ring (bicyclic) bond motifs is 2. The van der Waals surface area contributed by atoms with Gasteiger partial charge in [0.05, 0.1) is 18.3 Å². The molecule has 5 rings (SSSR count). The molecule has 156 valence electrons. The number of hydrogen-bond acceptors (Lipinski definition) is 3. The molecule has 3 nitrogen and oxygen atoms in total. The first-order chi connectivity index (χ1) is 15.1. The molecule has 0 aliphatic heterocycles. The maximum Gasteiger partial charge on any atom is 0.338 e. The molecule has 0 saturated carbocycles. The second kappa shape index (κ2) is 7.82. The Hall–Kier alpha value is -3.17. The number of aliphatic hydroxyl groups excluding tert-OH is 1. The van der Waals surface area contributed by atoms with Gasteiger partial charge < -0.3 is 9.84 Å². The Kier molecular flexibility index (Phi) is 4.99. The lowest BCUT2D eigenvalue weighted by Crippen LogP contribution is -2.31. The van der Waals surface area contributed by atoms with Crippen molar-refractivity contribution >= 4 is 12.0 Å². The van der Waals surface area contributed by atoms with Gasteiger partial charge in [0.2, 0.25) is 0 Å². The Morgan fingerprint density at radius 1 is 1.00 bits per heavy atom. The van der Waals surface area contributed by atoms with Gasteiger partial charge in [-0.15, -0.1) is 0 Å². The fraction of sp³-hybridized carbons (Fsp3) is 0.250. The Labute approximate surface area is 183 Å². The highest BCUT2D eigenvalue weighted by atomic mass is 16.5. The van der Waals surface area contributed by atoms with Gasteiger partial charge >= 0.3 is 5.97 Å². The number of benzene rings is 3. The van der Waals surface area contributed by atoms with Crippen LogP contribution < -0.4 is 0 Å². The third kappa shape index (κ3) is 3.39. The van der Waals surface area contributed by atoms with E-state index in [1.54, 1.807) is 0 Å². The molecule has 3 heteroatoms. The molecular weight excluding hydrogens is 384 g/mol. The lowest BCUT2D eigenvalue weighted by atomic mass is 9.70. The van der Waals surface area contributed by atoms with Crippen LogP contribution in [0.4, 0.5) is 0 Å². The fourth-order valence-electron chi connectivity index (χ4n) is 5.20. The van der Waals surface area contributed by atoms with Gasteiger partial charge in [0.1, 0.15) is 0 Å². The van der Waals surface area contributed by atoms with Gasteiger partial charge in [-0.05, 0) is 66.1 Å². The summed E-state index contributed by atoms with van der Waals surface area (Å²) in [6.45, 7) is 2.17. The summed E-state index contributed by atoms with van der Waals surface area (Å²) in [6, 6.07) is 24.3. The van der Waals surface area contributed by atoms with Crippen LogP contribution in [0.1, 0.15) is 51.2 Å². The molecule has 0 amide bonds. The molecular formula is C28H26O3. The lowest BCUT2D eigenvalue weighted by molar-refractivity contribution is 0.0526. The average Bonchev–Trinajstić information content (AvgIpc) is 3.35. The van der Waals surface area contributed by atoms with Crippen molar-refractivity contribution in [2.75, 3.05) is 6.61 Å². The van der Waals surface area contributed by atoms with Crippen molar-refractivity contribution < 1.29 is 14.6 Å². The van der Waals surface area contributed by atoms with E-state index in [1.807, 2.05) is 49.4 Å². The molecule has 0 bridgehead atoms. The smallest absolute Gasteiger partial charge is 0.338 e. The number of ether oxygens (including phenoxy) is 1. The van der Waals surface area contributed by atoms with Crippen molar-refractivity contribution in [1.82, 2.24) is 0 Å². The van der Waals surface area contributed by atoms with Crippen LogP contribution in [0.5, 0.6) is 0 Å². The molecule has 0 aromatic heterocycles. The Morgan fingerprint density at radius 3 is 2.42 bits per heavy atom. The summed E-state index contributed by atoms with van der Waals surface area (Å²) in [5.41, 5.74) is 7.37. The number of rotatable bonds is 5. The monoisotopic (exact) mass is 410 g/mol. The van der Waals surface area contributed by atoms with Gasteiger partial charge in [-0.3, -0.25) is 0 Å². The minimum absolute atomic E-state index is 0.300. The number of carbonyl (C=O) groups excluding carboxylic acids is 1. The highest BCUT2D eigenvalue weighted by Gasteiger charge is 2.48. The molecule has 0 heterocycles. The van der Waals surface area contributed by atoms with E-state index in [4.69, 9.17) is 4.74 Å². The molecule has 0 unspecified atom stereocenters. The van der Waals surface area contributed by atoms with Crippen LogP contribution >= 0.6 is 0 Å². The molecule has 2 atom stereocenters. The topological polar surface area (TPSA) is 46.5 Å². The van der Waals surface area contributed by atoms with E-state index in [-0.39, 0.29) is 5.97 Å². The largest absolute Gasteiger partial charge is 0.462 e. The summed E-state index contributed by atoms with van der Waals surface area (Å²) >= 11 is 0. The van der Waals surface area contributed by atoms with Gasteiger partial charge in [-0.2, -0.15) is 0 Å². The van der Waals surface area contributed by atoms with Crippen molar-refractivity contribution in [3.05, 3.63) is 112 Å². The number of aliphatic hydroxyl groups is 1. The van der Waals surface area contributed by atoms with E-state index < -0.39 is 11.5 Å². The third-order valence-electron chi connectivity index (χ3n) is 6.77. The minimum Gasteiger partial charge on any atom is -0.462 e. The van der Waals surface area contributed by atoms with Crippen molar-refractivity contribution in [1.29, 1.82) is 0 Å². The predicted octanol–water partition coefficient (Wildman–Crippen LogP) is 5.32. The van der Waals surface area contributed by atoms with Crippen molar-refractivity contribution in [3.63, 3.8) is 0 Å². The lowest BCUT2D eigenvalue weighted by Gasteiger charge is -2.35. The highest BCUT2D eigenvalue weighted by molar-refractivity contribution is 5.89. The van der Waals surface area contributed by atoms with Crippen LogP contribution in [0.15, 0.2) is 78.4 Å². The zero-order valence-corrected chi connectivity index (χ0v) is 17.7. The molecule has 2 aliphatic rings. The number of esters is 1. The summed E-state index contributed by atoms with van der Waals surface area (Å²) in [5.74, 6) is -0.300. The quantitative estimate of drug-likeness (QED) is 0.579. The third-order valence-corrected chi connectivity index (χ3v) is 6.77. The second-order valence-corrected chi connectivity index (χ2v) is 8.57. The summed E-state index contributed by atoms with van der Waals surface area (Å²) in [4.78, 5) is 12.0. The molecule has 31 heavy (non-hydrogen) atoms. The van der Waals surface area contributed by atoms with Crippen molar-refractivity contribution in [2.45, 2.75) is 32.3 Å². The summed E-state index contributed by atoms with van der Waals surface area (Å²) in [5, 5.41) is 11.6. The average molecular weight is 411 g/mol. The molecule has 0 spiro atoms. The van der Waals surface area contributed by atoms with E-state index in [0.29, 0.717) is 18.6 Å². The Morgan fingerprint density at radius 2 is 1.71 bits per heavy atom. The van der Waals surface area contributed by atoms with E-state index in [0.717, 1.165) is 24.0 Å². The highest BCUT2D eigenvalue weighted by Crippen LogP contribution is 2.54. The zero-order chi connectivity index (χ0) is 21.4. The minimum atomic E-state index is -0.561. The van der Waals surface area contributed by atoms with E-state index in [9.17, 15) is 9.90 Å². The molecule has 3 aromatic rings. The standard InChI is InChI=1S/C28H26O3/c1-2-31-27(30)20-13-11-19(12-14-20)17-28(18-23-9-5-6-10-25(23)26(28)29)24-15-21-7-3-4-8-22(21)16-24/h3-15,26,29H,2,16-18H2,1H3/t26-,28+/m0/s1. The zero-order valence-electron chi connectivity index (χ0n) is 17.7. The summed E-state index contributed by atoms with van der Waals surface area (Å²) in [6.07, 6.45) is 4.10. The van der Waals surface area contributed by atoms with Crippen LogP contribution in [0.25, 0.3) is 6.08 Å². The summed E-state index contributed by atoms with van der Waals surface area (Å²) < 4.78 is 5.11. The molecule has 0 radical (unpaired) electrons. The van der Waals surface area contributed by atoms with E-state index >= 15 is 0 Å². The van der Waals surface area contributed by atoms with Crippen LogP contribution in [-0.4, -0.2) is 17.7 Å². The maximum absolute atomic E-state index is 12.0. The Bertz CT molecular complexity index is 1160. The van der Waals surface area contributed by atoms with Crippen LogP contribution in [0, 0.1) is 5.41 Å². The second-order valence-electron chi connectivity index (χ2n) is 8.57. The molecule has 0 saturated heterocycles. The molecule has 0 fully saturated rings. The van der Waals surface area contributed by atoms with Gasteiger partial charge in [0.25, 0.3) is 0 Å². The Balaban J connectivity index is 1.52. The number of hydrogen-bond donors (Lipinski definition) is 1. The van der Waals surface area contributed by atoms with Crippen LogP contribution in [0.2, 0.25) is 0 Å². The van der Waals surface area contributed by atoms with Gasteiger partial charge in [-0.1, -0.05) is 72.3 Å². The SMILES string of the molecule is CCOC(=O)c1ccc(C[C@]2(C3=Cc4ccccc4C3)Cc3ccccc3[C@@H]2O)cc1. The first-order valence-electron chi connectivity index (χ1n) is 10.9. The van der Waals surface area contributed by atoms with Crippen molar-refractivity contribution in [3.8, 4) is 0 Å². The normalized spacial score (nSPS) is 21.4. The first kappa shape index (κ1) is 19.8. The van der Waals surface area contributed by atoms with E-state index in [1.165, 1.54) is 22.3 Å². The van der Waals surface area contributed by atoms with Gasteiger partial charge in [0, 0.05) is 5.41 Å². The van der Waals surface area contributed by atoms with Crippen molar-refractivity contribution in [2.24, 2.45) is 5.41 Å². The van der Waals surface area contributed by atoms with Crippen LogP contribution in [0.3, 0.4) is 0 Å². The molecule has 3 aromatic carbocycles. The maximum atomic E-state index is 12.0. The predicted molar refractivity (Wildman–Crippen MR) is 122 cm³/mol. The fourth-order valence-corrected chi connectivity index (χ4v) is 5.20. The van der Waals surface area contributed by atoms with Gasteiger partial charge in [-0.25, -0.2) is 4.79 Å². The summed E-state index contributed by atoms with van der Waals surface area (Å²) in [7, 11) is 0. The molecule has 2 aliphatic carbocycles.